The van der Waals surface area contributed by atoms with E-state index in [0.29, 0.717) is 12.1 Å². The number of hydrogen-bond acceptors (Lipinski definition) is 5. The van der Waals surface area contributed by atoms with Gasteiger partial charge in [0.25, 0.3) is 5.69 Å². The van der Waals surface area contributed by atoms with Gasteiger partial charge >= 0.3 is 12.1 Å². The number of para-hydroxylation sites is 1. The van der Waals surface area contributed by atoms with Gasteiger partial charge in [0, 0.05) is 6.07 Å². The van der Waals surface area contributed by atoms with E-state index in [1.807, 2.05) is 0 Å². The number of carbonyl (C=O) groups is 1. The summed E-state index contributed by atoms with van der Waals surface area (Å²) in [4.78, 5) is 20.2. The van der Waals surface area contributed by atoms with E-state index in [1.165, 1.54) is 19.2 Å². The van der Waals surface area contributed by atoms with Crippen LogP contribution in [0.2, 0.25) is 5.02 Å². The predicted molar refractivity (Wildman–Crippen MR) is 89.3 cm³/mol. The van der Waals surface area contributed by atoms with Crippen LogP contribution in [0.1, 0.15) is 23.3 Å². The molecule has 0 aliphatic carbocycles. The number of aromatic hydroxyl groups is 1. The molecule has 0 unspecified atom stereocenters. The molecule has 0 bridgehead atoms. The van der Waals surface area contributed by atoms with Crippen LogP contribution >= 0.6 is 11.6 Å². The van der Waals surface area contributed by atoms with Gasteiger partial charge in [-0.15, -0.1) is 0 Å². The normalized spacial score (nSPS) is 10.0. The maximum atomic E-state index is 12.1. The molecule has 0 amide bonds. The molecule has 0 aliphatic rings. The van der Waals surface area contributed by atoms with E-state index in [1.54, 1.807) is 12.1 Å². The highest BCUT2D eigenvalue weighted by atomic mass is 35.5. The Labute approximate surface area is 151 Å². The Hall–Kier alpha value is -2.81. The van der Waals surface area contributed by atoms with E-state index in [4.69, 9.17) is 16.7 Å². The lowest BCUT2D eigenvalue weighted by Crippen LogP contribution is -2.04. The lowest BCUT2D eigenvalue weighted by atomic mass is 10.2. The van der Waals surface area contributed by atoms with Gasteiger partial charge in [0.05, 0.1) is 17.6 Å². The number of hydrogen-bond donors (Lipinski definition) is 1. The van der Waals surface area contributed by atoms with Crippen LogP contribution < -0.4 is 0 Å². The minimum absolute atomic E-state index is 0. The van der Waals surface area contributed by atoms with Crippen LogP contribution in [0.15, 0.2) is 42.5 Å². The topological polar surface area (TPSA) is 89.7 Å². The highest BCUT2D eigenvalue weighted by molar-refractivity contribution is 6.32. The van der Waals surface area contributed by atoms with Gasteiger partial charge in [-0.3, -0.25) is 10.1 Å². The molecule has 0 saturated heterocycles. The summed E-state index contributed by atoms with van der Waals surface area (Å²) in [5.41, 5.74) is -1.36. The lowest BCUT2D eigenvalue weighted by Gasteiger charge is -2.06. The summed E-state index contributed by atoms with van der Waals surface area (Å²) in [6, 6.07) is 8.11. The molecule has 0 atom stereocenters. The van der Waals surface area contributed by atoms with Crippen molar-refractivity contribution in [2.24, 2.45) is 0 Å². The number of esters is 1. The SMILES string of the molecule is C.COC(=O)c1ccccc1O.O=[N+]([O-])c1ccc(C(F)(F)F)cc1Cl. The van der Waals surface area contributed by atoms with Crippen LogP contribution in [-0.4, -0.2) is 23.1 Å². The number of nitro benzene ring substituents is 1. The number of carbonyl (C=O) groups excluding carboxylic acids is 1. The first-order valence-corrected chi connectivity index (χ1v) is 6.83. The first kappa shape index (κ1) is 23.2. The molecule has 2 rings (SSSR count). The molecular formula is C16H15ClF3NO5. The number of alkyl halides is 3. The van der Waals surface area contributed by atoms with Crippen molar-refractivity contribution in [3.05, 3.63) is 68.7 Å². The first-order chi connectivity index (χ1) is 11.6. The van der Waals surface area contributed by atoms with E-state index in [2.05, 4.69) is 4.74 Å². The number of benzene rings is 2. The van der Waals surface area contributed by atoms with Crippen molar-refractivity contribution < 1.29 is 32.7 Å². The molecule has 2 aromatic carbocycles. The minimum Gasteiger partial charge on any atom is -0.507 e. The average molecular weight is 394 g/mol. The molecule has 2 aromatic rings. The van der Waals surface area contributed by atoms with Gasteiger partial charge in [0.15, 0.2) is 0 Å². The Kier molecular flexibility index (Phi) is 8.58. The van der Waals surface area contributed by atoms with Crippen molar-refractivity contribution in [1.29, 1.82) is 0 Å². The van der Waals surface area contributed by atoms with Crippen molar-refractivity contribution in [2.75, 3.05) is 7.11 Å². The molecule has 0 aliphatic heterocycles. The van der Waals surface area contributed by atoms with Crippen LogP contribution in [0.25, 0.3) is 0 Å². The van der Waals surface area contributed by atoms with E-state index in [0.717, 1.165) is 6.07 Å². The Bertz CT molecular complexity index is 781. The third-order valence-corrected chi connectivity index (χ3v) is 3.08. The highest BCUT2D eigenvalue weighted by Gasteiger charge is 2.31. The van der Waals surface area contributed by atoms with Gasteiger partial charge in [-0.05, 0) is 24.3 Å². The Morgan fingerprint density at radius 2 is 1.81 bits per heavy atom. The Morgan fingerprint density at radius 1 is 1.23 bits per heavy atom. The summed E-state index contributed by atoms with van der Waals surface area (Å²) in [6.45, 7) is 0. The number of halogens is 4. The second-order valence-corrected chi connectivity index (χ2v) is 4.84. The van der Waals surface area contributed by atoms with E-state index in [-0.39, 0.29) is 18.7 Å². The standard InChI is InChI=1S/C8H8O3.C7H3ClF3NO2.CH4/c1-11-8(10)6-4-2-3-5-7(6)9;8-5-3-4(7(9,10)11)1-2-6(5)12(13)14;/h2-5,9H,1H3;1-3H;1H4. The molecule has 0 saturated carbocycles. The molecule has 26 heavy (non-hydrogen) atoms. The third-order valence-electron chi connectivity index (χ3n) is 2.78. The maximum Gasteiger partial charge on any atom is 0.416 e. The van der Waals surface area contributed by atoms with E-state index in [9.17, 15) is 28.1 Å². The van der Waals surface area contributed by atoms with Crippen molar-refractivity contribution >= 4 is 23.3 Å². The third kappa shape index (κ3) is 6.25. The molecule has 10 heteroatoms. The summed E-state index contributed by atoms with van der Waals surface area (Å²) in [7, 11) is 1.27. The molecule has 0 aromatic heterocycles. The predicted octanol–water partition coefficient (Wildman–Crippen LogP) is 5.08. The summed E-state index contributed by atoms with van der Waals surface area (Å²) in [6.07, 6.45) is -4.54. The molecule has 142 valence electrons. The Morgan fingerprint density at radius 3 is 2.23 bits per heavy atom. The highest BCUT2D eigenvalue weighted by Crippen LogP contribution is 2.34. The maximum absolute atomic E-state index is 12.1. The fourth-order valence-electron chi connectivity index (χ4n) is 1.59. The fraction of sp³-hybridized carbons (Fsp3) is 0.188. The summed E-state index contributed by atoms with van der Waals surface area (Å²) >= 11 is 5.29. The summed E-state index contributed by atoms with van der Waals surface area (Å²) < 4.78 is 40.6. The monoisotopic (exact) mass is 393 g/mol. The number of phenolic OH excluding ortho intramolecular Hbond substituents is 1. The van der Waals surface area contributed by atoms with Crippen molar-refractivity contribution in [3.8, 4) is 5.75 Å². The molecule has 0 spiro atoms. The van der Waals surface area contributed by atoms with E-state index < -0.39 is 33.3 Å². The number of ether oxygens (including phenoxy) is 1. The van der Waals surface area contributed by atoms with Crippen LogP contribution in [0.3, 0.4) is 0 Å². The fourth-order valence-corrected chi connectivity index (χ4v) is 1.84. The first-order valence-electron chi connectivity index (χ1n) is 6.45. The van der Waals surface area contributed by atoms with E-state index >= 15 is 0 Å². The molecule has 0 heterocycles. The van der Waals surface area contributed by atoms with Gasteiger partial charge < -0.3 is 9.84 Å². The summed E-state index contributed by atoms with van der Waals surface area (Å²) in [5.74, 6) is -0.581. The Balaban J connectivity index is 0.000000475. The van der Waals surface area contributed by atoms with Crippen molar-refractivity contribution in [1.82, 2.24) is 0 Å². The number of nitrogens with zero attached hydrogens (tertiary/aromatic N) is 1. The molecule has 6 nitrogen and oxygen atoms in total. The van der Waals surface area contributed by atoms with Crippen LogP contribution in [-0.2, 0) is 10.9 Å². The number of rotatable bonds is 2. The van der Waals surface area contributed by atoms with Crippen molar-refractivity contribution in [3.63, 3.8) is 0 Å². The zero-order chi connectivity index (χ0) is 19.2. The van der Waals surface area contributed by atoms with Crippen molar-refractivity contribution in [2.45, 2.75) is 13.6 Å². The van der Waals surface area contributed by atoms with Crippen LogP contribution in [0.4, 0.5) is 18.9 Å². The quantitative estimate of drug-likeness (QED) is 0.436. The number of methoxy groups -OCH3 is 1. The van der Waals surface area contributed by atoms with Gasteiger partial charge in [-0.2, -0.15) is 13.2 Å². The lowest BCUT2D eigenvalue weighted by molar-refractivity contribution is -0.384. The zero-order valence-electron chi connectivity index (χ0n) is 12.6. The largest absolute Gasteiger partial charge is 0.507 e. The average Bonchev–Trinajstić information content (AvgIpc) is 2.54. The smallest absolute Gasteiger partial charge is 0.416 e. The molecule has 1 N–H and O–H groups in total. The minimum atomic E-state index is -4.54. The molecule has 0 radical (unpaired) electrons. The summed E-state index contributed by atoms with van der Waals surface area (Å²) in [5, 5.41) is 18.8. The number of phenols is 1. The van der Waals surface area contributed by atoms with Gasteiger partial charge in [0.2, 0.25) is 0 Å². The second-order valence-electron chi connectivity index (χ2n) is 4.43. The number of nitro groups is 1. The molecule has 0 fully saturated rings. The zero-order valence-corrected chi connectivity index (χ0v) is 13.3. The molecular weight excluding hydrogens is 379 g/mol. The van der Waals surface area contributed by atoms with Crippen LogP contribution in [0.5, 0.6) is 5.75 Å². The second kappa shape index (κ2) is 9.62. The van der Waals surface area contributed by atoms with Gasteiger partial charge in [-0.1, -0.05) is 31.2 Å². The van der Waals surface area contributed by atoms with Gasteiger partial charge in [0.1, 0.15) is 16.3 Å². The van der Waals surface area contributed by atoms with Crippen LogP contribution in [0, 0.1) is 10.1 Å². The van der Waals surface area contributed by atoms with Gasteiger partial charge in [-0.25, -0.2) is 4.79 Å².